The van der Waals surface area contributed by atoms with Crippen LogP contribution in [0.2, 0.25) is 0 Å². The summed E-state index contributed by atoms with van der Waals surface area (Å²) in [6.07, 6.45) is 0. The molecule has 1 amide bonds. The summed E-state index contributed by atoms with van der Waals surface area (Å²) in [5.41, 5.74) is 1.75. The minimum absolute atomic E-state index is 0.0329. The highest BCUT2D eigenvalue weighted by Crippen LogP contribution is 2.13. The van der Waals surface area contributed by atoms with E-state index < -0.39 is 11.9 Å². The lowest BCUT2D eigenvalue weighted by Gasteiger charge is -2.08. The highest BCUT2D eigenvalue weighted by Gasteiger charge is 2.12. The summed E-state index contributed by atoms with van der Waals surface area (Å²) < 4.78 is 5.01. The molecule has 2 N–H and O–H groups in total. The average Bonchev–Trinajstić information content (AvgIpc) is 2.37. The highest BCUT2D eigenvalue weighted by atomic mass is 16.5. The number of ether oxygens (including phenoxy) is 1. The largest absolute Gasteiger partial charge is 0.478 e. The van der Waals surface area contributed by atoms with Gasteiger partial charge in [0.15, 0.2) is 0 Å². The molecule has 1 rings (SSSR count). The van der Waals surface area contributed by atoms with Crippen molar-refractivity contribution in [2.75, 3.05) is 12.4 Å². The van der Waals surface area contributed by atoms with Crippen LogP contribution in [-0.4, -0.2) is 24.1 Å². The number of hydrogen-bond acceptors (Lipinski definition) is 3. The first-order chi connectivity index (χ1) is 8.95. The molecule has 1 aromatic carbocycles. The Balaban J connectivity index is 2.85. The van der Waals surface area contributed by atoms with Gasteiger partial charge in [-0.1, -0.05) is 12.1 Å². The Bertz CT molecular complexity index is 520. The van der Waals surface area contributed by atoms with Crippen molar-refractivity contribution < 1.29 is 19.4 Å². The van der Waals surface area contributed by atoms with Crippen molar-refractivity contribution in [3.05, 3.63) is 41.0 Å². The molecule has 0 heterocycles. The maximum absolute atomic E-state index is 11.9. The molecule has 0 atom stereocenters. The third kappa shape index (κ3) is 4.22. The number of benzene rings is 1. The van der Waals surface area contributed by atoms with Gasteiger partial charge in [-0.15, -0.1) is 0 Å². The van der Waals surface area contributed by atoms with Crippen molar-refractivity contribution in [1.29, 1.82) is 0 Å². The van der Waals surface area contributed by atoms with Crippen LogP contribution in [0, 0.1) is 0 Å². The molecule has 19 heavy (non-hydrogen) atoms. The van der Waals surface area contributed by atoms with Gasteiger partial charge in [0.2, 0.25) is 0 Å². The lowest BCUT2D eigenvalue weighted by Crippen LogP contribution is -2.16. The lowest BCUT2D eigenvalue weighted by molar-refractivity contribution is -0.133. The molecule has 0 saturated carbocycles. The Morgan fingerprint density at radius 3 is 2.53 bits per heavy atom. The van der Waals surface area contributed by atoms with Gasteiger partial charge in [0.25, 0.3) is 5.91 Å². The lowest BCUT2D eigenvalue weighted by atomic mass is 10.1. The van der Waals surface area contributed by atoms with Crippen LogP contribution < -0.4 is 5.32 Å². The summed E-state index contributed by atoms with van der Waals surface area (Å²) in [7, 11) is 1.59. The second kappa shape index (κ2) is 6.70. The molecule has 0 aliphatic carbocycles. The Labute approximate surface area is 111 Å². The Morgan fingerprint density at radius 2 is 1.95 bits per heavy atom. The van der Waals surface area contributed by atoms with E-state index >= 15 is 0 Å². The van der Waals surface area contributed by atoms with E-state index in [0.29, 0.717) is 12.3 Å². The number of carboxylic acids is 1. The predicted molar refractivity (Wildman–Crippen MR) is 71.8 cm³/mol. The van der Waals surface area contributed by atoms with Gasteiger partial charge in [0.05, 0.1) is 6.61 Å². The minimum Gasteiger partial charge on any atom is -0.478 e. The summed E-state index contributed by atoms with van der Waals surface area (Å²) in [6, 6.07) is 7.20. The van der Waals surface area contributed by atoms with Crippen LogP contribution in [0.5, 0.6) is 0 Å². The van der Waals surface area contributed by atoms with E-state index in [0.717, 1.165) is 5.56 Å². The third-order valence-corrected chi connectivity index (χ3v) is 2.72. The number of nitrogens with one attached hydrogen (secondary N) is 1. The molecule has 0 radical (unpaired) electrons. The fourth-order valence-electron chi connectivity index (χ4n) is 1.46. The molecule has 5 nitrogen and oxygen atoms in total. The van der Waals surface area contributed by atoms with Gasteiger partial charge in [-0.2, -0.15) is 0 Å². The van der Waals surface area contributed by atoms with E-state index in [1.54, 1.807) is 25.3 Å². The maximum atomic E-state index is 11.9. The van der Waals surface area contributed by atoms with Crippen LogP contribution in [0.15, 0.2) is 35.4 Å². The zero-order valence-corrected chi connectivity index (χ0v) is 11.2. The summed E-state index contributed by atoms with van der Waals surface area (Å²) in [5.74, 6) is -1.52. The van der Waals surface area contributed by atoms with E-state index in [-0.39, 0.29) is 11.1 Å². The van der Waals surface area contributed by atoms with Crippen LogP contribution in [-0.2, 0) is 20.9 Å². The fraction of sp³-hybridized carbons (Fsp3) is 0.286. The summed E-state index contributed by atoms with van der Waals surface area (Å²) in [4.78, 5) is 22.6. The number of hydrogen-bond donors (Lipinski definition) is 2. The fourth-order valence-corrected chi connectivity index (χ4v) is 1.46. The molecule has 5 heteroatoms. The van der Waals surface area contributed by atoms with E-state index in [9.17, 15) is 9.59 Å². The number of aliphatic carboxylic acids is 1. The predicted octanol–water partition coefficient (Wildman–Crippen LogP) is 2.19. The number of methoxy groups -OCH3 is 1. The smallest absolute Gasteiger partial charge is 0.331 e. The molecule has 0 unspecified atom stereocenters. The van der Waals surface area contributed by atoms with E-state index in [2.05, 4.69) is 5.32 Å². The third-order valence-electron chi connectivity index (χ3n) is 2.72. The molecule has 0 aliphatic heterocycles. The first-order valence-corrected chi connectivity index (χ1v) is 5.75. The molecule has 0 spiro atoms. The molecule has 0 saturated heterocycles. The van der Waals surface area contributed by atoms with Crippen molar-refractivity contribution in [1.82, 2.24) is 0 Å². The number of amides is 1. The van der Waals surface area contributed by atoms with Crippen LogP contribution in [0.25, 0.3) is 0 Å². The zero-order chi connectivity index (χ0) is 14.4. The topological polar surface area (TPSA) is 75.6 Å². The van der Waals surface area contributed by atoms with E-state index in [1.165, 1.54) is 13.8 Å². The average molecular weight is 263 g/mol. The minimum atomic E-state index is -1.10. The molecular weight excluding hydrogens is 246 g/mol. The Kier molecular flexibility index (Phi) is 5.26. The monoisotopic (exact) mass is 263 g/mol. The second-order valence-electron chi connectivity index (χ2n) is 4.14. The molecule has 1 aromatic rings. The summed E-state index contributed by atoms with van der Waals surface area (Å²) >= 11 is 0. The van der Waals surface area contributed by atoms with Crippen LogP contribution in [0.4, 0.5) is 5.69 Å². The molecule has 102 valence electrons. The molecule has 0 aromatic heterocycles. The number of rotatable bonds is 5. The Morgan fingerprint density at radius 1 is 1.26 bits per heavy atom. The first kappa shape index (κ1) is 14.9. The van der Waals surface area contributed by atoms with Gasteiger partial charge in [0.1, 0.15) is 0 Å². The molecular formula is C14H17NO4. The van der Waals surface area contributed by atoms with Crippen molar-refractivity contribution >= 4 is 17.6 Å². The standard InChI is InChI=1S/C14H17NO4/c1-9(10(2)14(17)18)13(16)15-12-6-4-5-11(7-12)8-19-3/h4-7H,8H2,1-3H3,(H,15,16)(H,17,18). The van der Waals surface area contributed by atoms with Crippen molar-refractivity contribution in [2.45, 2.75) is 20.5 Å². The highest BCUT2D eigenvalue weighted by molar-refractivity contribution is 6.08. The van der Waals surface area contributed by atoms with E-state index in [4.69, 9.17) is 9.84 Å². The van der Waals surface area contributed by atoms with Crippen LogP contribution in [0.1, 0.15) is 19.4 Å². The Hall–Kier alpha value is -2.14. The van der Waals surface area contributed by atoms with Crippen LogP contribution in [0.3, 0.4) is 0 Å². The van der Waals surface area contributed by atoms with Crippen molar-refractivity contribution in [3.63, 3.8) is 0 Å². The second-order valence-corrected chi connectivity index (χ2v) is 4.14. The van der Waals surface area contributed by atoms with Gasteiger partial charge in [-0.3, -0.25) is 4.79 Å². The van der Waals surface area contributed by atoms with Gasteiger partial charge in [-0.25, -0.2) is 4.79 Å². The van der Waals surface area contributed by atoms with Crippen molar-refractivity contribution in [2.24, 2.45) is 0 Å². The zero-order valence-electron chi connectivity index (χ0n) is 11.2. The number of carbonyl (C=O) groups is 2. The van der Waals surface area contributed by atoms with Crippen LogP contribution >= 0.6 is 0 Å². The quantitative estimate of drug-likeness (QED) is 0.798. The van der Waals surface area contributed by atoms with Gasteiger partial charge >= 0.3 is 5.97 Å². The van der Waals surface area contributed by atoms with E-state index in [1.807, 2.05) is 6.07 Å². The number of carboxylic acid groups (broad SMARTS) is 1. The molecule has 0 fully saturated rings. The summed E-state index contributed by atoms with van der Waals surface area (Å²) in [6.45, 7) is 3.34. The molecule has 0 aliphatic rings. The van der Waals surface area contributed by atoms with Crippen molar-refractivity contribution in [3.8, 4) is 0 Å². The van der Waals surface area contributed by atoms with Gasteiger partial charge in [-0.05, 0) is 31.5 Å². The molecule has 0 bridgehead atoms. The number of carbonyl (C=O) groups excluding carboxylic acids is 1. The van der Waals surface area contributed by atoms with Gasteiger partial charge < -0.3 is 15.2 Å². The summed E-state index contributed by atoms with van der Waals surface area (Å²) in [5, 5.41) is 11.5. The van der Waals surface area contributed by atoms with Gasteiger partial charge in [0, 0.05) is 23.9 Å². The SMILES string of the molecule is COCc1cccc(NC(=O)C(C)=C(C)C(=O)O)c1. The normalized spacial score (nSPS) is 11.7. The maximum Gasteiger partial charge on any atom is 0.331 e. The first-order valence-electron chi connectivity index (χ1n) is 5.75. The number of anilines is 1.